The van der Waals surface area contributed by atoms with E-state index in [9.17, 15) is 4.79 Å². The van der Waals surface area contributed by atoms with Crippen LogP contribution in [0.25, 0.3) is 0 Å². The summed E-state index contributed by atoms with van der Waals surface area (Å²) in [5.74, 6) is 0.421. The van der Waals surface area contributed by atoms with Gasteiger partial charge in [0.05, 0.1) is 0 Å². The number of ketones is 1. The molecular formula is C17H25NO. The Balaban J connectivity index is 2.14. The van der Waals surface area contributed by atoms with E-state index in [2.05, 4.69) is 44.3 Å². The number of hydrogen-bond donors (Lipinski definition) is 1. The van der Waals surface area contributed by atoms with E-state index in [-0.39, 0.29) is 5.41 Å². The molecule has 0 aromatic heterocycles. The first-order chi connectivity index (χ1) is 9.05. The van der Waals surface area contributed by atoms with Crippen molar-refractivity contribution in [3.05, 3.63) is 34.9 Å². The summed E-state index contributed by atoms with van der Waals surface area (Å²) >= 11 is 0. The van der Waals surface area contributed by atoms with Crippen molar-refractivity contribution in [3.63, 3.8) is 0 Å². The van der Waals surface area contributed by atoms with Gasteiger partial charge in [0.2, 0.25) is 0 Å². The molecule has 1 aliphatic rings. The molecule has 2 heteroatoms. The number of carbonyl (C=O) groups is 1. The van der Waals surface area contributed by atoms with Crippen molar-refractivity contribution < 1.29 is 4.79 Å². The zero-order valence-electron chi connectivity index (χ0n) is 12.4. The van der Waals surface area contributed by atoms with Crippen molar-refractivity contribution in [1.82, 2.24) is 5.32 Å². The van der Waals surface area contributed by atoms with Crippen molar-refractivity contribution in [2.45, 2.75) is 46.5 Å². The van der Waals surface area contributed by atoms with E-state index in [0.717, 1.165) is 32.4 Å². The van der Waals surface area contributed by atoms with E-state index < -0.39 is 0 Å². The number of rotatable bonds is 5. The fraction of sp³-hybridized carbons (Fsp3) is 0.588. The average molecular weight is 259 g/mol. The molecule has 0 saturated carbocycles. The monoisotopic (exact) mass is 259 g/mol. The van der Waals surface area contributed by atoms with Crippen LogP contribution < -0.4 is 5.32 Å². The molecule has 1 aromatic rings. The lowest BCUT2D eigenvalue weighted by atomic mass is 9.76. The summed E-state index contributed by atoms with van der Waals surface area (Å²) in [6.07, 6.45) is 3.69. The van der Waals surface area contributed by atoms with Crippen LogP contribution >= 0.6 is 0 Å². The van der Waals surface area contributed by atoms with Gasteiger partial charge in [0.25, 0.3) is 0 Å². The lowest BCUT2D eigenvalue weighted by Gasteiger charge is -2.26. The quantitative estimate of drug-likeness (QED) is 0.880. The van der Waals surface area contributed by atoms with Gasteiger partial charge in [-0.3, -0.25) is 4.79 Å². The molecule has 1 N–H and O–H groups in total. The van der Waals surface area contributed by atoms with Crippen LogP contribution in [0.1, 0.15) is 42.9 Å². The minimum atomic E-state index is -0.105. The van der Waals surface area contributed by atoms with Crippen LogP contribution in [0.2, 0.25) is 0 Å². The molecule has 0 spiro atoms. The maximum Gasteiger partial charge on any atom is 0.144 e. The third kappa shape index (κ3) is 3.24. The molecule has 1 fully saturated rings. The Kier molecular flexibility index (Phi) is 4.41. The Hall–Kier alpha value is -1.15. The predicted octanol–water partition coefficient (Wildman–Crippen LogP) is 3.19. The molecule has 1 saturated heterocycles. The van der Waals surface area contributed by atoms with Gasteiger partial charge in [-0.2, -0.15) is 0 Å². The number of hydrogen-bond acceptors (Lipinski definition) is 2. The van der Waals surface area contributed by atoms with Crippen molar-refractivity contribution in [2.24, 2.45) is 5.41 Å². The molecule has 0 radical (unpaired) electrons. The number of nitrogens with one attached hydrogen (secondary N) is 1. The van der Waals surface area contributed by atoms with Crippen LogP contribution in [0.15, 0.2) is 18.2 Å². The molecule has 1 atom stereocenters. The lowest BCUT2D eigenvalue weighted by Crippen LogP contribution is -2.34. The van der Waals surface area contributed by atoms with Gasteiger partial charge in [-0.1, -0.05) is 42.7 Å². The molecule has 2 rings (SSSR count). The fourth-order valence-electron chi connectivity index (χ4n) is 3.36. The van der Waals surface area contributed by atoms with Gasteiger partial charge < -0.3 is 5.32 Å². The third-order valence-electron chi connectivity index (χ3n) is 4.21. The van der Waals surface area contributed by atoms with Crippen LogP contribution in [-0.4, -0.2) is 18.9 Å². The number of Topliss-reactive ketones (excluding diaryl/α,β-unsaturated/α-hetero) is 1. The van der Waals surface area contributed by atoms with E-state index in [1.165, 1.54) is 16.7 Å². The van der Waals surface area contributed by atoms with E-state index in [0.29, 0.717) is 12.2 Å². The minimum Gasteiger partial charge on any atom is -0.316 e. The molecule has 0 bridgehead atoms. The first-order valence-corrected chi connectivity index (χ1v) is 7.37. The van der Waals surface area contributed by atoms with Crippen LogP contribution in [0.3, 0.4) is 0 Å². The highest BCUT2D eigenvalue weighted by Crippen LogP contribution is 2.33. The van der Waals surface area contributed by atoms with Crippen molar-refractivity contribution in [1.29, 1.82) is 0 Å². The molecule has 0 amide bonds. The zero-order chi connectivity index (χ0) is 13.9. The van der Waals surface area contributed by atoms with Crippen LogP contribution in [0.4, 0.5) is 0 Å². The van der Waals surface area contributed by atoms with E-state index in [1.54, 1.807) is 0 Å². The first-order valence-electron chi connectivity index (χ1n) is 7.37. The van der Waals surface area contributed by atoms with Gasteiger partial charge in [-0.05, 0) is 38.8 Å². The summed E-state index contributed by atoms with van der Waals surface area (Å²) in [5, 5.41) is 3.37. The minimum absolute atomic E-state index is 0.105. The average Bonchev–Trinajstić information content (AvgIpc) is 2.78. The standard InChI is InChI=1S/C17H25NO/c1-4-5-17(6-7-18-12-17)16(19)11-15-9-13(2)8-14(3)10-15/h8-10,18H,4-7,11-12H2,1-3H3. The van der Waals surface area contributed by atoms with Gasteiger partial charge >= 0.3 is 0 Å². The fourth-order valence-corrected chi connectivity index (χ4v) is 3.36. The predicted molar refractivity (Wildman–Crippen MR) is 79.5 cm³/mol. The Morgan fingerprint density at radius 3 is 2.47 bits per heavy atom. The van der Waals surface area contributed by atoms with Crippen LogP contribution in [-0.2, 0) is 11.2 Å². The molecule has 1 heterocycles. The highest BCUT2D eigenvalue weighted by molar-refractivity contribution is 5.87. The molecule has 1 unspecified atom stereocenters. The highest BCUT2D eigenvalue weighted by atomic mass is 16.1. The summed E-state index contributed by atoms with van der Waals surface area (Å²) < 4.78 is 0. The molecule has 19 heavy (non-hydrogen) atoms. The Bertz CT molecular complexity index is 438. The lowest BCUT2D eigenvalue weighted by molar-refractivity contribution is -0.127. The molecule has 1 aliphatic heterocycles. The second kappa shape index (κ2) is 5.87. The van der Waals surface area contributed by atoms with Gasteiger partial charge in [-0.25, -0.2) is 0 Å². The van der Waals surface area contributed by atoms with E-state index in [1.807, 2.05) is 0 Å². The van der Waals surface area contributed by atoms with Crippen molar-refractivity contribution in [2.75, 3.05) is 13.1 Å². The number of aryl methyl sites for hydroxylation is 2. The third-order valence-corrected chi connectivity index (χ3v) is 4.21. The van der Waals surface area contributed by atoms with Crippen molar-refractivity contribution >= 4 is 5.78 Å². The van der Waals surface area contributed by atoms with Gasteiger partial charge in [0, 0.05) is 18.4 Å². The van der Waals surface area contributed by atoms with Crippen LogP contribution in [0.5, 0.6) is 0 Å². The molecular weight excluding hydrogens is 234 g/mol. The highest BCUT2D eigenvalue weighted by Gasteiger charge is 2.39. The maximum atomic E-state index is 12.7. The maximum absolute atomic E-state index is 12.7. The molecule has 1 aromatic carbocycles. The van der Waals surface area contributed by atoms with E-state index >= 15 is 0 Å². The summed E-state index contributed by atoms with van der Waals surface area (Å²) in [7, 11) is 0. The Morgan fingerprint density at radius 2 is 1.95 bits per heavy atom. The van der Waals surface area contributed by atoms with Crippen molar-refractivity contribution in [3.8, 4) is 0 Å². The molecule has 104 valence electrons. The van der Waals surface area contributed by atoms with Gasteiger partial charge in [-0.15, -0.1) is 0 Å². The molecule has 0 aliphatic carbocycles. The molecule has 2 nitrogen and oxygen atoms in total. The zero-order valence-corrected chi connectivity index (χ0v) is 12.4. The first kappa shape index (κ1) is 14.3. The Morgan fingerprint density at radius 1 is 1.26 bits per heavy atom. The topological polar surface area (TPSA) is 29.1 Å². The number of carbonyl (C=O) groups excluding carboxylic acids is 1. The Labute approximate surface area is 116 Å². The number of benzene rings is 1. The summed E-state index contributed by atoms with van der Waals surface area (Å²) in [6.45, 7) is 8.22. The van der Waals surface area contributed by atoms with Gasteiger partial charge in [0.15, 0.2) is 0 Å². The second-order valence-corrected chi connectivity index (χ2v) is 6.05. The van der Waals surface area contributed by atoms with E-state index in [4.69, 9.17) is 0 Å². The largest absolute Gasteiger partial charge is 0.316 e. The normalized spacial score (nSPS) is 22.7. The summed E-state index contributed by atoms with van der Waals surface area (Å²) in [5.41, 5.74) is 3.56. The summed E-state index contributed by atoms with van der Waals surface area (Å²) in [4.78, 5) is 12.7. The van der Waals surface area contributed by atoms with Gasteiger partial charge in [0.1, 0.15) is 5.78 Å². The smallest absolute Gasteiger partial charge is 0.144 e. The summed E-state index contributed by atoms with van der Waals surface area (Å²) in [6, 6.07) is 6.45. The van der Waals surface area contributed by atoms with Crippen LogP contribution in [0, 0.1) is 19.3 Å². The second-order valence-electron chi connectivity index (χ2n) is 6.05. The SMILES string of the molecule is CCCC1(C(=O)Cc2cc(C)cc(C)c2)CCNC1.